The van der Waals surface area contributed by atoms with E-state index in [4.69, 9.17) is 4.74 Å². The fourth-order valence-corrected chi connectivity index (χ4v) is 4.10. The zero-order chi connectivity index (χ0) is 19.1. The van der Waals surface area contributed by atoms with Crippen molar-refractivity contribution in [1.29, 1.82) is 5.26 Å². The van der Waals surface area contributed by atoms with Gasteiger partial charge < -0.3 is 15.0 Å². The Morgan fingerprint density at radius 1 is 1.31 bits per heavy atom. The Balaban J connectivity index is 1.73. The predicted molar refractivity (Wildman–Crippen MR) is 101 cm³/mol. The number of anilines is 1. The summed E-state index contributed by atoms with van der Waals surface area (Å²) in [4.78, 5) is 23.3. The number of nitrogens with zero attached hydrogens (tertiary/aromatic N) is 4. The van der Waals surface area contributed by atoms with E-state index in [0.717, 1.165) is 31.4 Å². The van der Waals surface area contributed by atoms with Gasteiger partial charge >= 0.3 is 6.09 Å². The SMILES string of the molecule is Cc1nc(N2[C@@H]3CC[C@H]2CC(NC(=O)OC(C)(C)C)C3)nc(C#N)c1Br. The molecule has 2 bridgehead atoms. The van der Waals surface area contributed by atoms with Crippen LogP contribution in [0.15, 0.2) is 4.47 Å². The van der Waals surface area contributed by atoms with Gasteiger partial charge in [-0.15, -0.1) is 0 Å². The van der Waals surface area contributed by atoms with Crippen LogP contribution < -0.4 is 10.2 Å². The minimum atomic E-state index is -0.500. The van der Waals surface area contributed by atoms with E-state index in [2.05, 4.69) is 42.2 Å². The minimum absolute atomic E-state index is 0.0885. The van der Waals surface area contributed by atoms with Crippen LogP contribution in [0.25, 0.3) is 0 Å². The molecule has 3 atom stereocenters. The number of fused-ring (bicyclic) bond motifs is 2. The van der Waals surface area contributed by atoms with Crippen LogP contribution in [-0.2, 0) is 4.74 Å². The topological polar surface area (TPSA) is 91.1 Å². The number of carbonyl (C=O) groups is 1. The molecule has 2 saturated heterocycles. The lowest BCUT2D eigenvalue weighted by Crippen LogP contribution is -2.51. The molecule has 0 spiro atoms. The summed E-state index contributed by atoms with van der Waals surface area (Å²) in [5.74, 6) is 0.616. The summed E-state index contributed by atoms with van der Waals surface area (Å²) in [6.07, 6.45) is 3.37. The van der Waals surface area contributed by atoms with Crippen molar-refractivity contribution in [3.63, 3.8) is 0 Å². The molecule has 3 rings (SSSR count). The number of hydrogen-bond acceptors (Lipinski definition) is 6. The van der Waals surface area contributed by atoms with Gasteiger partial charge in [-0.05, 0) is 69.3 Å². The molecule has 3 heterocycles. The van der Waals surface area contributed by atoms with E-state index in [9.17, 15) is 10.1 Å². The highest BCUT2D eigenvalue weighted by atomic mass is 79.9. The summed E-state index contributed by atoms with van der Waals surface area (Å²) in [5, 5.41) is 12.3. The number of carbonyl (C=O) groups excluding carboxylic acids is 1. The maximum absolute atomic E-state index is 12.1. The first kappa shape index (κ1) is 18.9. The molecule has 140 valence electrons. The number of aromatic nitrogens is 2. The molecular formula is C18H24BrN5O2. The third kappa shape index (κ3) is 3.93. The quantitative estimate of drug-likeness (QED) is 0.785. The van der Waals surface area contributed by atoms with Crippen LogP contribution in [0.1, 0.15) is 57.8 Å². The van der Waals surface area contributed by atoms with E-state index < -0.39 is 5.60 Å². The van der Waals surface area contributed by atoms with Gasteiger partial charge in [0.15, 0.2) is 5.69 Å². The Morgan fingerprint density at radius 2 is 1.92 bits per heavy atom. The van der Waals surface area contributed by atoms with Crippen molar-refractivity contribution in [3.8, 4) is 6.07 Å². The predicted octanol–water partition coefficient (Wildman–Crippen LogP) is 3.44. The highest BCUT2D eigenvalue weighted by Gasteiger charge is 2.43. The summed E-state index contributed by atoms with van der Waals surface area (Å²) in [6.45, 7) is 7.45. The first-order valence-corrected chi connectivity index (χ1v) is 9.69. The van der Waals surface area contributed by atoms with Crippen LogP contribution in [0.3, 0.4) is 0 Å². The van der Waals surface area contributed by atoms with Crippen molar-refractivity contribution in [3.05, 3.63) is 15.9 Å². The van der Waals surface area contributed by atoms with Crippen LogP contribution in [0, 0.1) is 18.3 Å². The first-order chi connectivity index (χ1) is 12.2. The molecule has 2 aliphatic rings. The summed E-state index contributed by atoms with van der Waals surface area (Å²) in [6, 6.07) is 2.74. The fourth-order valence-electron chi connectivity index (χ4n) is 3.83. The Morgan fingerprint density at radius 3 is 2.46 bits per heavy atom. The largest absolute Gasteiger partial charge is 0.444 e. The van der Waals surface area contributed by atoms with E-state index in [1.165, 1.54) is 0 Å². The molecule has 8 heteroatoms. The Hall–Kier alpha value is -1.88. The standard InChI is InChI=1S/C18H24BrN5O2/c1-10-15(19)14(9-20)23-16(21-10)24-12-5-6-13(24)8-11(7-12)22-17(25)26-18(2,3)4/h11-13H,5-8H2,1-4H3,(H,22,25)/t11?,12-,13+. The number of piperidine rings is 1. The van der Waals surface area contributed by atoms with Gasteiger partial charge in [0.05, 0.1) is 10.2 Å². The molecule has 1 aromatic heterocycles. The zero-order valence-electron chi connectivity index (χ0n) is 15.5. The minimum Gasteiger partial charge on any atom is -0.444 e. The second kappa shape index (κ2) is 7.03. The van der Waals surface area contributed by atoms with Crippen molar-refractivity contribution in [2.45, 2.75) is 77.1 Å². The number of hydrogen-bond donors (Lipinski definition) is 1. The van der Waals surface area contributed by atoms with Crippen molar-refractivity contribution in [1.82, 2.24) is 15.3 Å². The molecular weight excluding hydrogens is 398 g/mol. The van der Waals surface area contributed by atoms with Crippen LogP contribution in [-0.4, -0.2) is 39.8 Å². The number of nitriles is 1. The van der Waals surface area contributed by atoms with Crippen molar-refractivity contribution in [2.75, 3.05) is 4.90 Å². The monoisotopic (exact) mass is 421 g/mol. The maximum Gasteiger partial charge on any atom is 0.407 e. The first-order valence-electron chi connectivity index (χ1n) is 8.90. The number of nitrogens with one attached hydrogen (secondary N) is 1. The number of aryl methyl sites for hydroxylation is 1. The van der Waals surface area contributed by atoms with E-state index in [1.54, 1.807) is 0 Å². The second-order valence-electron chi connectivity index (χ2n) is 7.99. The van der Waals surface area contributed by atoms with Gasteiger partial charge in [0.1, 0.15) is 11.7 Å². The van der Waals surface area contributed by atoms with Gasteiger partial charge in [0.2, 0.25) is 5.95 Å². The third-order valence-electron chi connectivity index (χ3n) is 4.80. The van der Waals surface area contributed by atoms with Crippen molar-refractivity contribution >= 4 is 28.0 Å². The lowest BCUT2D eigenvalue weighted by molar-refractivity contribution is 0.0492. The van der Waals surface area contributed by atoms with Crippen LogP contribution in [0.2, 0.25) is 0 Å². The smallest absolute Gasteiger partial charge is 0.407 e. The molecule has 1 unspecified atom stereocenters. The van der Waals surface area contributed by atoms with E-state index >= 15 is 0 Å². The fraction of sp³-hybridized carbons (Fsp3) is 0.667. The lowest BCUT2D eigenvalue weighted by Gasteiger charge is -2.39. The summed E-state index contributed by atoms with van der Waals surface area (Å²) >= 11 is 3.38. The number of halogens is 1. The zero-order valence-corrected chi connectivity index (χ0v) is 17.1. The second-order valence-corrected chi connectivity index (χ2v) is 8.78. The molecule has 0 saturated carbocycles. The van der Waals surface area contributed by atoms with E-state index in [1.807, 2.05) is 27.7 Å². The van der Waals surface area contributed by atoms with E-state index in [-0.39, 0.29) is 24.2 Å². The Kier molecular flexibility index (Phi) is 5.11. The summed E-state index contributed by atoms with van der Waals surface area (Å²) in [5.41, 5.74) is 0.626. The van der Waals surface area contributed by atoms with Crippen LogP contribution in [0.4, 0.5) is 10.7 Å². The van der Waals surface area contributed by atoms with Crippen LogP contribution in [0.5, 0.6) is 0 Å². The molecule has 0 aromatic carbocycles. The van der Waals surface area contributed by atoms with Crippen molar-refractivity contribution < 1.29 is 9.53 Å². The number of alkyl carbamates (subject to hydrolysis) is 1. The number of ether oxygens (including phenoxy) is 1. The highest BCUT2D eigenvalue weighted by molar-refractivity contribution is 9.10. The highest BCUT2D eigenvalue weighted by Crippen LogP contribution is 2.38. The van der Waals surface area contributed by atoms with Gasteiger partial charge in [-0.3, -0.25) is 0 Å². The Bertz CT molecular complexity index is 741. The van der Waals surface area contributed by atoms with Gasteiger partial charge in [0, 0.05) is 18.1 Å². The molecule has 26 heavy (non-hydrogen) atoms. The molecule has 0 aliphatic carbocycles. The summed E-state index contributed by atoms with van der Waals surface area (Å²) < 4.78 is 6.02. The molecule has 2 fully saturated rings. The van der Waals surface area contributed by atoms with Gasteiger partial charge in [0.25, 0.3) is 0 Å². The molecule has 7 nitrogen and oxygen atoms in total. The normalized spacial score (nSPS) is 24.9. The van der Waals surface area contributed by atoms with E-state index in [0.29, 0.717) is 16.1 Å². The third-order valence-corrected chi connectivity index (χ3v) is 5.75. The lowest BCUT2D eigenvalue weighted by atomic mass is 9.98. The molecule has 2 aliphatic heterocycles. The molecule has 1 N–H and O–H groups in total. The average molecular weight is 422 g/mol. The molecule has 1 aromatic rings. The maximum atomic E-state index is 12.1. The Labute approximate surface area is 162 Å². The molecule has 1 amide bonds. The van der Waals surface area contributed by atoms with Crippen molar-refractivity contribution in [2.24, 2.45) is 0 Å². The van der Waals surface area contributed by atoms with Crippen LogP contribution >= 0.6 is 15.9 Å². The summed E-state index contributed by atoms with van der Waals surface area (Å²) in [7, 11) is 0. The van der Waals surface area contributed by atoms with Gasteiger partial charge in [-0.1, -0.05) is 0 Å². The van der Waals surface area contributed by atoms with Gasteiger partial charge in [-0.2, -0.15) is 5.26 Å². The van der Waals surface area contributed by atoms with Gasteiger partial charge in [-0.25, -0.2) is 14.8 Å². The number of rotatable bonds is 2. The number of amides is 1. The average Bonchev–Trinajstić information content (AvgIpc) is 2.79. The molecule has 0 radical (unpaired) electrons.